The van der Waals surface area contributed by atoms with Gasteiger partial charge in [-0.25, -0.2) is 4.98 Å². The Labute approximate surface area is 127 Å². The van der Waals surface area contributed by atoms with Gasteiger partial charge in [-0.3, -0.25) is 4.79 Å². The molecule has 108 valence electrons. The fourth-order valence-corrected chi connectivity index (χ4v) is 2.96. The van der Waals surface area contributed by atoms with Crippen molar-refractivity contribution >= 4 is 21.9 Å². The van der Waals surface area contributed by atoms with E-state index in [9.17, 15) is 4.79 Å². The van der Waals surface area contributed by atoms with Gasteiger partial charge in [0.1, 0.15) is 0 Å². The first-order chi connectivity index (χ1) is 10.8. The average Bonchev–Trinajstić information content (AvgIpc) is 2.97. The van der Waals surface area contributed by atoms with Crippen LogP contribution in [0.1, 0.15) is 5.56 Å². The molecule has 0 aliphatic heterocycles. The first-order valence-corrected chi connectivity index (χ1v) is 7.22. The van der Waals surface area contributed by atoms with E-state index in [-0.39, 0.29) is 5.56 Å². The number of pyridine rings is 1. The molecule has 0 aliphatic carbocycles. The Hall–Kier alpha value is -2.88. The van der Waals surface area contributed by atoms with Gasteiger partial charge in [0, 0.05) is 19.0 Å². The molecule has 0 bridgehead atoms. The molecule has 0 radical (unpaired) electrons. The molecule has 0 fully saturated rings. The predicted octanol–water partition coefficient (Wildman–Crippen LogP) is 2.94. The first kappa shape index (κ1) is 12.8. The van der Waals surface area contributed by atoms with E-state index in [4.69, 9.17) is 0 Å². The lowest BCUT2D eigenvalue weighted by molar-refractivity contribution is 0.826. The maximum atomic E-state index is 12.5. The van der Waals surface area contributed by atoms with Crippen LogP contribution in [0.25, 0.3) is 21.9 Å². The van der Waals surface area contributed by atoms with E-state index in [2.05, 4.69) is 21.7 Å². The van der Waals surface area contributed by atoms with Gasteiger partial charge in [0.05, 0.1) is 17.4 Å². The highest BCUT2D eigenvalue weighted by Crippen LogP contribution is 2.22. The lowest BCUT2D eigenvalue weighted by Gasteiger charge is -2.09. The number of benzene rings is 2. The zero-order valence-corrected chi connectivity index (χ0v) is 12.2. The van der Waals surface area contributed by atoms with Crippen molar-refractivity contribution < 1.29 is 0 Å². The van der Waals surface area contributed by atoms with Gasteiger partial charge in [-0.05, 0) is 11.6 Å². The highest BCUT2D eigenvalue weighted by Gasteiger charge is 2.13. The van der Waals surface area contributed by atoms with Gasteiger partial charge in [-0.2, -0.15) is 0 Å². The fourth-order valence-electron chi connectivity index (χ4n) is 2.96. The summed E-state index contributed by atoms with van der Waals surface area (Å²) in [5.41, 5.74) is 3.49. The molecule has 0 unspecified atom stereocenters. The predicted molar refractivity (Wildman–Crippen MR) is 88.0 cm³/mol. The van der Waals surface area contributed by atoms with E-state index in [1.165, 1.54) is 5.56 Å². The largest absolute Gasteiger partial charge is 0.325 e. The second kappa shape index (κ2) is 4.84. The van der Waals surface area contributed by atoms with Crippen molar-refractivity contribution in [2.75, 3.05) is 0 Å². The second-order valence-corrected chi connectivity index (χ2v) is 5.44. The molecule has 0 atom stereocenters. The molecule has 2 aromatic heterocycles. The van der Waals surface area contributed by atoms with Crippen LogP contribution in [0.2, 0.25) is 0 Å². The Morgan fingerprint density at radius 1 is 1.00 bits per heavy atom. The SMILES string of the molecule is Cn1c(=O)c2ncn(Cc3ccccc3)c2c2ccccc21. The van der Waals surface area contributed by atoms with Crippen molar-refractivity contribution in [3.8, 4) is 0 Å². The number of aryl methyl sites for hydroxylation is 1. The van der Waals surface area contributed by atoms with E-state index >= 15 is 0 Å². The van der Waals surface area contributed by atoms with Crippen molar-refractivity contribution in [2.24, 2.45) is 7.05 Å². The van der Waals surface area contributed by atoms with Crippen molar-refractivity contribution in [3.05, 3.63) is 76.8 Å². The maximum Gasteiger partial charge on any atom is 0.278 e. The number of fused-ring (bicyclic) bond motifs is 3. The third-order valence-electron chi connectivity index (χ3n) is 4.06. The van der Waals surface area contributed by atoms with Gasteiger partial charge in [0.25, 0.3) is 5.56 Å². The van der Waals surface area contributed by atoms with Crippen molar-refractivity contribution in [1.82, 2.24) is 14.1 Å². The van der Waals surface area contributed by atoms with Crippen LogP contribution in [0.3, 0.4) is 0 Å². The molecule has 4 heteroatoms. The Morgan fingerprint density at radius 3 is 2.55 bits per heavy atom. The number of para-hydroxylation sites is 1. The van der Waals surface area contributed by atoms with Gasteiger partial charge in [0.2, 0.25) is 0 Å². The van der Waals surface area contributed by atoms with Crippen LogP contribution in [0, 0.1) is 0 Å². The summed E-state index contributed by atoms with van der Waals surface area (Å²) in [6.07, 6.45) is 1.76. The van der Waals surface area contributed by atoms with Gasteiger partial charge >= 0.3 is 0 Å². The number of imidazole rings is 1. The molecular weight excluding hydrogens is 274 g/mol. The third-order valence-corrected chi connectivity index (χ3v) is 4.06. The molecule has 0 aliphatic rings. The summed E-state index contributed by atoms with van der Waals surface area (Å²) in [6, 6.07) is 18.1. The fraction of sp³-hybridized carbons (Fsp3) is 0.111. The summed E-state index contributed by atoms with van der Waals surface area (Å²) in [4.78, 5) is 16.9. The molecule has 4 rings (SSSR count). The number of hydrogen-bond donors (Lipinski definition) is 0. The average molecular weight is 289 g/mol. The maximum absolute atomic E-state index is 12.5. The van der Waals surface area contributed by atoms with Crippen LogP contribution in [-0.4, -0.2) is 14.1 Å². The van der Waals surface area contributed by atoms with Crippen molar-refractivity contribution in [3.63, 3.8) is 0 Å². The molecule has 0 amide bonds. The smallest absolute Gasteiger partial charge is 0.278 e. The zero-order valence-electron chi connectivity index (χ0n) is 12.2. The summed E-state index contributed by atoms with van der Waals surface area (Å²) in [7, 11) is 1.79. The normalized spacial score (nSPS) is 11.3. The van der Waals surface area contributed by atoms with Gasteiger partial charge in [-0.15, -0.1) is 0 Å². The van der Waals surface area contributed by atoms with Crippen LogP contribution >= 0.6 is 0 Å². The highest BCUT2D eigenvalue weighted by molar-refractivity contribution is 6.02. The molecule has 0 spiro atoms. The standard InChI is InChI=1S/C18H15N3O/c1-20-15-10-6-5-9-14(15)17-16(18(20)22)19-12-21(17)11-13-7-3-2-4-8-13/h2-10,12H,11H2,1H3. The molecule has 0 saturated carbocycles. The second-order valence-electron chi connectivity index (χ2n) is 5.44. The Kier molecular flexibility index (Phi) is 2.82. The zero-order chi connectivity index (χ0) is 15.1. The van der Waals surface area contributed by atoms with Crippen LogP contribution < -0.4 is 5.56 Å². The molecule has 0 saturated heterocycles. The molecular formula is C18H15N3O. The van der Waals surface area contributed by atoms with E-state index in [1.807, 2.05) is 42.5 Å². The Bertz CT molecular complexity index is 1030. The summed E-state index contributed by atoms with van der Waals surface area (Å²) in [5.74, 6) is 0. The minimum atomic E-state index is -0.0551. The van der Waals surface area contributed by atoms with Crippen molar-refractivity contribution in [2.45, 2.75) is 6.54 Å². The molecule has 2 heterocycles. The minimum Gasteiger partial charge on any atom is -0.325 e. The lowest BCUT2D eigenvalue weighted by atomic mass is 10.1. The quantitative estimate of drug-likeness (QED) is 0.569. The van der Waals surface area contributed by atoms with Gasteiger partial charge in [0.15, 0.2) is 5.52 Å². The van der Waals surface area contributed by atoms with Crippen LogP contribution in [0.15, 0.2) is 65.7 Å². The Balaban J connectivity index is 2.04. The number of hydrogen-bond acceptors (Lipinski definition) is 2. The molecule has 0 N–H and O–H groups in total. The summed E-state index contributed by atoms with van der Waals surface area (Å²) in [5, 5.41) is 1.05. The van der Waals surface area contributed by atoms with E-state index in [0.717, 1.165) is 16.4 Å². The first-order valence-electron chi connectivity index (χ1n) is 7.22. The van der Waals surface area contributed by atoms with Crippen LogP contribution in [0.4, 0.5) is 0 Å². The number of nitrogens with zero attached hydrogens (tertiary/aromatic N) is 3. The topological polar surface area (TPSA) is 39.8 Å². The number of aromatic nitrogens is 3. The van der Waals surface area contributed by atoms with Gasteiger partial charge in [-0.1, -0.05) is 48.5 Å². The van der Waals surface area contributed by atoms with E-state index in [1.54, 1.807) is 17.9 Å². The lowest BCUT2D eigenvalue weighted by Crippen LogP contribution is -2.17. The molecule has 4 nitrogen and oxygen atoms in total. The van der Waals surface area contributed by atoms with Gasteiger partial charge < -0.3 is 9.13 Å². The summed E-state index contributed by atoms with van der Waals surface area (Å²) >= 11 is 0. The van der Waals surface area contributed by atoms with Crippen LogP contribution in [-0.2, 0) is 13.6 Å². The summed E-state index contributed by atoms with van der Waals surface area (Å²) < 4.78 is 3.71. The molecule has 22 heavy (non-hydrogen) atoms. The monoisotopic (exact) mass is 289 g/mol. The summed E-state index contributed by atoms with van der Waals surface area (Å²) in [6.45, 7) is 0.703. The van der Waals surface area contributed by atoms with E-state index < -0.39 is 0 Å². The third kappa shape index (κ3) is 1.84. The minimum absolute atomic E-state index is 0.0551. The molecule has 2 aromatic carbocycles. The van der Waals surface area contributed by atoms with E-state index in [0.29, 0.717) is 12.1 Å². The Morgan fingerprint density at radius 2 is 1.73 bits per heavy atom. The van der Waals surface area contributed by atoms with Crippen LogP contribution in [0.5, 0.6) is 0 Å². The van der Waals surface area contributed by atoms with Crippen molar-refractivity contribution in [1.29, 1.82) is 0 Å². The molecule has 4 aromatic rings. The number of rotatable bonds is 2. The highest BCUT2D eigenvalue weighted by atomic mass is 16.1.